The summed E-state index contributed by atoms with van der Waals surface area (Å²) in [6, 6.07) is 10.2. The number of ether oxygens (including phenoxy) is 1. The molecule has 94 valence electrons. The Morgan fingerprint density at radius 2 is 1.76 bits per heavy atom. The van der Waals surface area contributed by atoms with Crippen molar-refractivity contribution < 1.29 is 4.74 Å². The van der Waals surface area contributed by atoms with Gasteiger partial charge in [-0.2, -0.15) is 0 Å². The highest BCUT2D eigenvalue weighted by atomic mass is 16.5. The molecule has 0 heterocycles. The lowest BCUT2D eigenvalue weighted by Crippen LogP contribution is -2.27. The lowest BCUT2D eigenvalue weighted by atomic mass is 9.79. The van der Waals surface area contributed by atoms with Crippen LogP contribution in [0.5, 0.6) is 5.75 Å². The van der Waals surface area contributed by atoms with Gasteiger partial charge in [0.2, 0.25) is 0 Å². The fourth-order valence-electron chi connectivity index (χ4n) is 2.88. The zero-order chi connectivity index (χ0) is 12.1. The van der Waals surface area contributed by atoms with Crippen molar-refractivity contribution in [2.24, 2.45) is 11.8 Å². The van der Waals surface area contributed by atoms with Crippen molar-refractivity contribution in [2.75, 3.05) is 0 Å². The Kier molecular flexibility index (Phi) is 4.47. The maximum atomic E-state index is 6.02. The van der Waals surface area contributed by atoms with E-state index in [0.717, 1.165) is 17.6 Å². The summed E-state index contributed by atoms with van der Waals surface area (Å²) in [7, 11) is 0. The first-order valence-electron chi connectivity index (χ1n) is 7.01. The van der Waals surface area contributed by atoms with Gasteiger partial charge in [0.1, 0.15) is 5.75 Å². The minimum Gasteiger partial charge on any atom is -0.490 e. The number of hydrogen-bond donors (Lipinski definition) is 0. The van der Waals surface area contributed by atoms with Gasteiger partial charge in [0.25, 0.3) is 0 Å². The second kappa shape index (κ2) is 6.09. The summed E-state index contributed by atoms with van der Waals surface area (Å²) in [6.45, 7) is 4.54. The molecule has 0 N–H and O–H groups in total. The molecule has 1 aromatic rings. The number of hydrogen-bond acceptors (Lipinski definition) is 1. The standard InChI is InChI=1S/C16H24O/c1-3-14-9-11-15(12-10-14)13(2)17-16-7-5-4-6-8-16/h4-8,13-15H,3,9-12H2,1-2H3. The van der Waals surface area contributed by atoms with Crippen molar-refractivity contribution in [3.63, 3.8) is 0 Å². The van der Waals surface area contributed by atoms with E-state index in [0.29, 0.717) is 6.10 Å². The first kappa shape index (κ1) is 12.5. The van der Waals surface area contributed by atoms with Crippen molar-refractivity contribution in [3.05, 3.63) is 30.3 Å². The summed E-state index contributed by atoms with van der Waals surface area (Å²) in [5.41, 5.74) is 0. The van der Waals surface area contributed by atoms with Crippen molar-refractivity contribution >= 4 is 0 Å². The number of para-hydroxylation sites is 1. The van der Waals surface area contributed by atoms with Crippen LogP contribution in [0.2, 0.25) is 0 Å². The third-order valence-corrected chi connectivity index (χ3v) is 4.20. The fraction of sp³-hybridized carbons (Fsp3) is 0.625. The van der Waals surface area contributed by atoms with Crippen LogP contribution in [0, 0.1) is 11.8 Å². The molecule has 0 saturated heterocycles. The molecule has 0 amide bonds. The first-order valence-corrected chi connectivity index (χ1v) is 7.01. The lowest BCUT2D eigenvalue weighted by molar-refractivity contribution is 0.108. The van der Waals surface area contributed by atoms with E-state index in [4.69, 9.17) is 4.74 Å². The average molecular weight is 232 g/mol. The SMILES string of the molecule is CCC1CCC(C(C)Oc2ccccc2)CC1. The Morgan fingerprint density at radius 1 is 1.12 bits per heavy atom. The summed E-state index contributed by atoms with van der Waals surface area (Å²) in [5.74, 6) is 2.73. The van der Waals surface area contributed by atoms with Crippen LogP contribution in [0.1, 0.15) is 46.0 Å². The topological polar surface area (TPSA) is 9.23 Å². The molecule has 0 bridgehead atoms. The van der Waals surface area contributed by atoms with Crippen molar-refractivity contribution in [1.82, 2.24) is 0 Å². The van der Waals surface area contributed by atoms with E-state index in [1.807, 2.05) is 30.3 Å². The molecule has 1 aliphatic rings. The summed E-state index contributed by atoms with van der Waals surface area (Å²) in [5, 5.41) is 0. The first-order chi connectivity index (χ1) is 8.29. The molecule has 0 radical (unpaired) electrons. The molecule has 1 aliphatic carbocycles. The molecule has 1 fully saturated rings. The molecule has 1 aromatic carbocycles. The van der Waals surface area contributed by atoms with Crippen molar-refractivity contribution in [3.8, 4) is 5.75 Å². The van der Waals surface area contributed by atoms with E-state index >= 15 is 0 Å². The third kappa shape index (κ3) is 3.49. The quantitative estimate of drug-likeness (QED) is 0.733. The Labute approximate surface area is 105 Å². The highest BCUT2D eigenvalue weighted by Crippen LogP contribution is 2.33. The Hall–Kier alpha value is -0.980. The molecule has 0 aromatic heterocycles. The largest absolute Gasteiger partial charge is 0.490 e. The second-order valence-corrected chi connectivity index (χ2v) is 5.33. The van der Waals surface area contributed by atoms with E-state index in [1.54, 1.807) is 0 Å². The molecule has 1 heteroatoms. The molecule has 0 spiro atoms. The molecule has 1 unspecified atom stereocenters. The molecule has 1 atom stereocenters. The number of benzene rings is 1. The Balaban J connectivity index is 1.83. The molecular formula is C16H24O. The second-order valence-electron chi connectivity index (χ2n) is 5.33. The van der Waals surface area contributed by atoms with Gasteiger partial charge in [0, 0.05) is 0 Å². The van der Waals surface area contributed by atoms with Crippen LogP contribution in [0.15, 0.2) is 30.3 Å². The van der Waals surface area contributed by atoms with E-state index in [1.165, 1.54) is 32.1 Å². The molecule has 2 rings (SSSR count). The summed E-state index contributed by atoms with van der Waals surface area (Å²) >= 11 is 0. The van der Waals surface area contributed by atoms with Crippen LogP contribution in [-0.4, -0.2) is 6.10 Å². The van der Waals surface area contributed by atoms with Gasteiger partial charge < -0.3 is 4.74 Å². The van der Waals surface area contributed by atoms with Crippen LogP contribution in [0.25, 0.3) is 0 Å². The van der Waals surface area contributed by atoms with E-state index in [-0.39, 0.29) is 0 Å². The molecule has 1 nitrogen and oxygen atoms in total. The molecule has 0 aliphatic heterocycles. The smallest absolute Gasteiger partial charge is 0.119 e. The van der Waals surface area contributed by atoms with Crippen molar-refractivity contribution in [1.29, 1.82) is 0 Å². The zero-order valence-electron chi connectivity index (χ0n) is 11.1. The average Bonchev–Trinajstić information content (AvgIpc) is 2.40. The van der Waals surface area contributed by atoms with Gasteiger partial charge in [-0.1, -0.05) is 44.4 Å². The van der Waals surface area contributed by atoms with Crippen LogP contribution >= 0.6 is 0 Å². The van der Waals surface area contributed by atoms with E-state index in [9.17, 15) is 0 Å². The molecule has 1 saturated carbocycles. The van der Waals surface area contributed by atoms with Gasteiger partial charge in [-0.25, -0.2) is 0 Å². The third-order valence-electron chi connectivity index (χ3n) is 4.20. The zero-order valence-corrected chi connectivity index (χ0v) is 11.1. The Morgan fingerprint density at radius 3 is 2.35 bits per heavy atom. The van der Waals surface area contributed by atoms with Gasteiger partial charge in [-0.05, 0) is 43.7 Å². The van der Waals surface area contributed by atoms with Gasteiger partial charge >= 0.3 is 0 Å². The normalized spacial score (nSPS) is 26.5. The van der Waals surface area contributed by atoms with Gasteiger partial charge in [-0.15, -0.1) is 0 Å². The van der Waals surface area contributed by atoms with E-state index in [2.05, 4.69) is 13.8 Å². The van der Waals surface area contributed by atoms with Crippen LogP contribution in [0.4, 0.5) is 0 Å². The Bertz CT molecular complexity index is 312. The minimum atomic E-state index is 0.357. The molecular weight excluding hydrogens is 208 g/mol. The maximum absolute atomic E-state index is 6.02. The summed E-state index contributed by atoms with van der Waals surface area (Å²) < 4.78 is 6.02. The van der Waals surface area contributed by atoms with Crippen LogP contribution < -0.4 is 4.74 Å². The van der Waals surface area contributed by atoms with Gasteiger partial charge in [0.05, 0.1) is 6.10 Å². The highest BCUT2D eigenvalue weighted by molar-refractivity contribution is 5.21. The monoisotopic (exact) mass is 232 g/mol. The predicted molar refractivity (Wildman–Crippen MR) is 72.3 cm³/mol. The van der Waals surface area contributed by atoms with Gasteiger partial charge in [0.15, 0.2) is 0 Å². The minimum absolute atomic E-state index is 0.357. The van der Waals surface area contributed by atoms with Crippen LogP contribution in [0.3, 0.4) is 0 Å². The summed E-state index contributed by atoms with van der Waals surface area (Å²) in [4.78, 5) is 0. The highest BCUT2D eigenvalue weighted by Gasteiger charge is 2.25. The fourth-order valence-corrected chi connectivity index (χ4v) is 2.88. The van der Waals surface area contributed by atoms with Crippen molar-refractivity contribution in [2.45, 2.75) is 52.1 Å². The summed E-state index contributed by atoms with van der Waals surface area (Å²) in [6.07, 6.45) is 7.17. The number of rotatable bonds is 4. The van der Waals surface area contributed by atoms with Gasteiger partial charge in [-0.3, -0.25) is 0 Å². The maximum Gasteiger partial charge on any atom is 0.119 e. The van der Waals surface area contributed by atoms with Crippen LogP contribution in [-0.2, 0) is 0 Å². The predicted octanol–water partition coefficient (Wildman–Crippen LogP) is 4.67. The molecule has 17 heavy (non-hydrogen) atoms. The van der Waals surface area contributed by atoms with E-state index < -0.39 is 0 Å². The lowest BCUT2D eigenvalue weighted by Gasteiger charge is -2.32.